The largest absolute Gasteiger partial charge is 0.0730 e. The molecular formula is C32H40. The summed E-state index contributed by atoms with van der Waals surface area (Å²) >= 11 is 0. The minimum absolute atomic E-state index is 0.691. The second kappa shape index (κ2) is 11.6. The van der Waals surface area contributed by atoms with Gasteiger partial charge in [0.25, 0.3) is 0 Å². The summed E-state index contributed by atoms with van der Waals surface area (Å²) in [6, 6.07) is 18.4. The molecule has 0 nitrogen and oxygen atoms in total. The highest BCUT2D eigenvalue weighted by atomic mass is 14.3. The fourth-order valence-electron chi connectivity index (χ4n) is 5.72. The third kappa shape index (κ3) is 6.16. The lowest BCUT2D eigenvalue weighted by Gasteiger charge is -2.28. The van der Waals surface area contributed by atoms with E-state index in [0.29, 0.717) is 5.92 Å². The molecule has 32 heavy (non-hydrogen) atoms. The smallest absolute Gasteiger partial charge is 0.0249 e. The molecule has 0 heteroatoms. The van der Waals surface area contributed by atoms with E-state index in [1.807, 2.05) is 0 Å². The SMILES string of the molecule is CCc1ccc(C2CCC(/C=C/C#Cc3ccc(C4CCC(CC)CC4)cc3)CC2)cc1. The number of hydrogen-bond donors (Lipinski definition) is 0. The fourth-order valence-corrected chi connectivity index (χ4v) is 5.72. The zero-order chi connectivity index (χ0) is 22.2. The molecule has 2 aliphatic carbocycles. The van der Waals surface area contributed by atoms with Crippen LogP contribution in [0.3, 0.4) is 0 Å². The molecule has 0 bridgehead atoms. The topological polar surface area (TPSA) is 0 Å². The minimum Gasteiger partial charge on any atom is -0.0730 e. The van der Waals surface area contributed by atoms with Crippen LogP contribution in [-0.2, 0) is 6.42 Å². The van der Waals surface area contributed by atoms with Crippen molar-refractivity contribution >= 4 is 0 Å². The summed E-state index contributed by atoms with van der Waals surface area (Å²) in [5, 5.41) is 0. The lowest BCUT2D eigenvalue weighted by Crippen LogP contribution is -2.12. The van der Waals surface area contributed by atoms with Crippen molar-refractivity contribution in [1.82, 2.24) is 0 Å². The fraction of sp³-hybridized carbons (Fsp3) is 0.500. The van der Waals surface area contributed by atoms with Gasteiger partial charge in [0, 0.05) is 5.56 Å². The van der Waals surface area contributed by atoms with Crippen LogP contribution in [0.15, 0.2) is 60.7 Å². The number of aryl methyl sites for hydroxylation is 1. The summed E-state index contributed by atoms with van der Waals surface area (Å²) in [5.74, 6) is 9.79. The van der Waals surface area contributed by atoms with Gasteiger partial charge in [-0.1, -0.05) is 74.6 Å². The van der Waals surface area contributed by atoms with Crippen LogP contribution in [0.4, 0.5) is 0 Å². The number of benzene rings is 2. The second-order valence-corrected chi connectivity index (χ2v) is 10.1. The van der Waals surface area contributed by atoms with E-state index >= 15 is 0 Å². The summed E-state index contributed by atoms with van der Waals surface area (Å²) < 4.78 is 0. The zero-order valence-corrected chi connectivity index (χ0v) is 20.2. The third-order valence-corrected chi connectivity index (χ3v) is 8.11. The number of rotatable bonds is 5. The van der Waals surface area contributed by atoms with Crippen LogP contribution in [0.1, 0.15) is 106 Å². The Morgan fingerprint density at radius 2 is 1.28 bits per heavy atom. The van der Waals surface area contributed by atoms with Gasteiger partial charge in [0.05, 0.1) is 0 Å². The number of allylic oxidation sites excluding steroid dienone is 2. The molecule has 2 saturated carbocycles. The molecule has 0 aliphatic heterocycles. The molecule has 0 spiro atoms. The molecule has 0 amide bonds. The van der Waals surface area contributed by atoms with Gasteiger partial charge in [-0.2, -0.15) is 0 Å². The van der Waals surface area contributed by atoms with Crippen molar-refractivity contribution in [2.45, 2.75) is 89.9 Å². The van der Waals surface area contributed by atoms with E-state index in [9.17, 15) is 0 Å². The Bertz CT molecular complexity index is 903. The van der Waals surface area contributed by atoms with Gasteiger partial charge in [-0.15, -0.1) is 0 Å². The maximum Gasteiger partial charge on any atom is 0.0249 e. The lowest BCUT2D eigenvalue weighted by molar-refractivity contribution is 0.319. The van der Waals surface area contributed by atoms with Gasteiger partial charge >= 0.3 is 0 Å². The summed E-state index contributed by atoms with van der Waals surface area (Å²) in [6.07, 6.45) is 17.6. The van der Waals surface area contributed by atoms with E-state index in [0.717, 1.165) is 29.7 Å². The number of hydrogen-bond acceptors (Lipinski definition) is 0. The van der Waals surface area contributed by atoms with Crippen molar-refractivity contribution in [2.75, 3.05) is 0 Å². The van der Waals surface area contributed by atoms with Crippen LogP contribution < -0.4 is 0 Å². The predicted molar refractivity (Wildman–Crippen MR) is 138 cm³/mol. The lowest BCUT2D eigenvalue weighted by atomic mass is 9.78. The molecule has 2 aliphatic rings. The summed E-state index contributed by atoms with van der Waals surface area (Å²) in [5.41, 5.74) is 5.63. The van der Waals surface area contributed by atoms with Gasteiger partial charge < -0.3 is 0 Å². The highest BCUT2D eigenvalue weighted by Gasteiger charge is 2.21. The van der Waals surface area contributed by atoms with Gasteiger partial charge in [-0.3, -0.25) is 0 Å². The predicted octanol–water partition coefficient (Wildman–Crippen LogP) is 8.81. The Morgan fingerprint density at radius 3 is 1.84 bits per heavy atom. The summed E-state index contributed by atoms with van der Waals surface area (Å²) in [6.45, 7) is 4.56. The van der Waals surface area contributed by atoms with Crippen LogP contribution >= 0.6 is 0 Å². The Labute approximate surface area is 196 Å². The monoisotopic (exact) mass is 424 g/mol. The van der Waals surface area contributed by atoms with Crippen molar-refractivity contribution in [2.24, 2.45) is 11.8 Å². The molecule has 0 saturated heterocycles. The average Bonchev–Trinajstić information content (AvgIpc) is 2.87. The first-order valence-corrected chi connectivity index (χ1v) is 13.1. The first kappa shape index (κ1) is 22.9. The average molecular weight is 425 g/mol. The normalized spacial score (nSPS) is 25.9. The Kier molecular flexibility index (Phi) is 8.28. The van der Waals surface area contributed by atoms with Gasteiger partial charge in [0.2, 0.25) is 0 Å². The molecule has 2 aromatic carbocycles. The third-order valence-electron chi connectivity index (χ3n) is 8.11. The molecule has 168 valence electrons. The molecule has 0 heterocycles. The highest BCUT2D eigenvalue weighted by molar-refractivity contribution is 5.39. The van der Waals surface area contributed by atoms with Crippen LogP contribution in [0, 0.1) is 23.7 Å². The van der Waals surface area contributed by atoms with E-state index in [4.69, 9.17) is 0 Å². The molecule has 2 fully saturated rings. The standard InChI is InChI=1S/C32H40/c1-3-25-9-17-29(18-10-25)31-21-13-27(14-22-31)7-5-6-8-28-15-23-32(24-16-28)30-19-11-26(4-2)12-20-30/h5,7,9-10,15-18,23-24,26-27,30-31H,3-4,11-14,19-22H2,1-2H3/b7-5+. The maximum absolute atomic E-state index is 3.34. The molecular weight excluding hydrogens is 384 g/mol. The van der Waals surface area contributed by atoms with Crippen LogP contribution in [0.25, 0.3) is 0 Å². The van der Waals surface area contributed by atoms with Gasteiger partial charge in [0.1, 0.15) is 0 Å². The Morgan fingerprint density at radius 1 is 0.719 bits per heavy atom. The van der Waals surface area contributed by atoms with Crippen molar-refractivity contribution in [3.8, 4) is 11.8 Å². The van der Waals surface area contributed by atoms with Gasteiger partial charge in [0.15, 0.2) is 0 Å². The van der Waals surface area contributed by atoms with E-state index in [1.165, 1.54) is 74.5 Å². The van der Waals surface area contributed by atoms with Crippen molar-refractivity contribution in [3.63, 3.8) is 0 Å². The molecule has 0 N–H and O–H groups in total. The molecule has 0 unspecified atom stereocenters. The van der Waals surface area contributed by atoms with Crippen molar-refractivity contribution < 1.29 is 0 Å². The van der Waals surface area contributed by atoms with Crippen LogP contribution in [-0.4, -0.2) is 0 Å². The molecule has 0 aromatic heterocycles. The van der Waals surface area contributed by atoms with E-state index in [1.54, 1.807) is 0 Å². The second-order valence-electron chi connectivity index (χ2n) is 10.1. The van der Waals surface area contributed by atoms with E-state index in [-0.39, 0.29) is 0 Å². The van der Waals surface area contributed by atoms with Gasteiger partial charge in [-0.05, 0) is 116 Å². The highest BCUT2D eigenvalue weighted by Crippen LogP contribution is 2.37. The maximum atomic E-state index is 3.34. The van der Waals surface area contributed by atoms with Crippen LogP contribution in [0.5, 0.6) is 0 Å². The Balaban J connectivity index is 1.23. The van der Waals surface area contributed by atoms with Gasteiger partial charge in [-0.25, -0.2) is 0 Å². The molecule has 0 radical (unpaired) electrons. The summed E-state index contributed by atoms with van der Waals surface area (Å²) in [7, 11) is 0. The Hall–Kier alpha value is -2.26. The zero-order valence-electron chi connectivity index (χ0n) is 20.2. The van der Waals surface area contributed by atoms with Crippen molar-refractivity contribution in [3.05, 3.63) is 82.9 Å². The quantitative estimate of drug-likeness (QED) is 0.421. The van der Waals surface area contributed by atoms with Crippen molar-refractivity contribution in [1.29, 1.82) is 0 Å². The molecule has 4 rings (SSSR count). The molecule has 0 atom stereocenters. The summed E-state index contributed by atoms with van der Waals surface area (Å²) in [4.78, 5) is 0. The first-order valence-electron chi connectivity index (χ1n) is 13.1. The minimum atomic E-state index is 0.691. The molecule has 2 aromatic rings. The first-order chi connectivity index (χ1) is 15.7. The van der Waals surface area contributed by atoms with Crippen LogP contribution in [0.2, 0.25) is 0 Å². The van der Waals surface area contributed by atoms with E-state index in [2.05, 4.69) is 86.4 Å². The van der Waals surface area contributed by atoms with E-state index < -0.39 is 0 Å².